The van der Waals surface area contributed by atoms with Crippen molar-refractivity contribution < 1.29 is 14.1 Å². The van der Waals surface area contributed by atoms with E-state index in [9.17, 15) is 9.59 Å². The SMILES string of the molecule is CC(=O)c1cccc(NC(=O)c2cc(C)on2)c1. The highest BCUT2D eigenvalue weighted by atomic mass is 16.5. The summed E-state index contributed by atoms with van der Waals surface area (Å²) in [6.45, 7) is 3.18. The van der Waals surface area contributed by atoms with Crippen LogP contribution >= 0.6 is 0 Å². The topological polar surface area (TPSA) is 72.2 Å². The first-order chi connectivity index (χ1) is 8.56. The molecule has 0 unspecified atom stereocenters. The van der Waals surface area contributed by atoms with Crippen LogP contribution in [0.1, 0.15) is 33.5 Å². The number of amides is 1. The van der Waals surface area contributed by atoms with E-state index in [0.717, 1.165) is 0 Å². The molecule has 0 aliphatic carbocycles. The third-order valence-corrected chi connectivity index (χ3v) is 2.39. The van der Waals surface area contributed by atoms with Crippen molar-refractivity contribution in [3.05, 3.63) is 47.3 Å². The minimum absolute atomic E-state index is 0.0524. The van der Waals surface area contributed by atoms with Crippen molar-refractivity contribution in [2.75, 3.05) is 5.32 Å². The molecule has 1 aromatic carbocycles. The molecule has 0 bridgehead atoms. The summed E-state index contributed by atoms with van der Waals surface area (Å²) in [5, 5.41) is 6.27. The fraction of sp³-hybridized carbons (Fsp3) is 0.154. The predicted molar refractivity (Wildman–Crippen MR) is 65.6 cm³/mol. The van der Waals surface area contributed by atoms with Crippen LogP contribution in [0.2, 0.25) is 0 Å². The number of rotatable bonds is 3. The van der Waals surface area contributed by atoms with E-state index in [2.05, 4.69) is 10.5 Å². The molecular weight excluding hydrogens is 232 g/mol. The maximum Gasteiger partial charge on any atom is 0.277 e. The summed E-state index contributed by atoms with van der Waals surface area (Å²) < 4.78 is 4.82. The number of nitrogens with zero attached hydrogens (tertiary/aromatic N) is 1. The fourth-order valence-electron chi connectivity index (χ4n) is 1.48. The Hall–Kier alpha value is -2.43. The van der Waals surface area contributed by atoms with Gasteiger partial charge in [0.25, 0.3) is 5.91 Å². The quantitative estimate of drug-likeness (QED) is 0.841. The average Bonchev–Trinajstić information content (AvgIpc) is 2.76. The van der Waals surface area contributed by atoms with E-state index >= 15 is 0 Å². The second-order valence-electron chi connectivity index (χ2n) is 3.91. The molecule has 1 aromatic heterocycles. The Morgan fingerprint density at radius 1 is 1.28 bits per heavy atom. The van der Waals surface area contributed by atoms with Crippen molar-refractivity contribution >= 4 is 17.4 Å². The molecule has 0 radical (unpaired) electrons. The van der Waals surface area contributed by atoms with Gasteiger partial charge in [0.1, 0.15) is 5.76 Å². The number of carbonyl (C=O) groups excluding carboxylic acids is 2. The summed E-state index contributed by atoms with van der Waals surface area (Å²) in [4.78, 5) is 23.0. The van der Waals surface area contributed by atoms with Crippen molar-refractivity contribution in [3.8, 4) is 0 Å². The normalized spacial score (nSPS) is 10.1. The first-order valence-electron chi connectivity index (χ1n) is 5.42. The zero-order chi connectivity index (χ0) is 13.1. The van der Waals surface area contributed by atoms with E-state index in [1.807, 2.05) is 0 Å². The Morgan fingerprint density at radius 3 is 2.67 bits per heavy atom. The van der Waals surface area contributed by atoms with Gasteiger partial charge in [0, 0.05) is 17.3 Å². The molecule has 0 fully saturated rings. The number of ketones is 1. The van der Waals surface area contributed by atoms with Gasteiger partial charge in [-0.05, 0) is 26.0 Å². The van der Waals surface area contributed by atoms with Crippen LogP contribution in [0.3, 0.4) is 0 Å². The third-order valence-electron chi connectivity index (χ3n) is 2.39. The number of anilines is 1. The molecule has 5 heteroatoms. The highest BCUT2D eigenvalue weighted by Crippen LogP contribution is 2.12. The summed E-state index contributed by atoms with van der Waals surface area (Å²) in [6, 6.07) is 8.27. The van der Waals surface area contributed by atoms with Gasteiger partial charge in [0.15, 0.2) is 11.5 Å². The predicted octanol–water partition coefficient (Wildman–Crippen LogP) is 2.44. The number of hydrogen-bond acceptors (Lipinski definition) is 4. The Kier molecular flexibility index (Phi) is 3.23. The molecule has 1 heterocycles. The second-order valence-corrected chi connectivity index (χ2v) is 3.91. The van der Waals surface area contributed by atoms with Crippen molar-refractivity contribution in [2.24, 2.45) is 0 Å². The van der Waals surface area contributed by atoms with Crippen LogP contribution in [0, 0.1) is 6.92 Å². The number of benzene rings is 1. The van der Waals surface area contributed by atoms with E-state index in [0.29, 0.717) is 17.0 Å². The highest BCUT2D eigenvalue weighted by Gasteiger charge is 2.11. The summed E-state index contributed by atoms with van der Waals surface area (Å²) in [5.41, 5.74) is 1.30. The molecule has 0 spiro atoms. The average molecular weight is 244 g/mol. The van der Waals surface area contributed by atoms with Gasteiger partial charge >= 0.3 is 0 Å². The zero-order valence-electron chi connectivity index (χ0n) is 10.1. The summed E-state index contributed by atoms with van der Waals surface area (Å²) >= 11 is 0. The molecular formula is C13H12N2O3. The van der Waals surface area contributed by atoms with Crippen molar-refractivity contribution in [3.63, 3.8) is 0 Å². The largest absolute Gasteiger partial charge is 0.361 e. The van der Waals surface area contributed by atoms with Crippen LogP contribution in [-0.4, -0.2) is 16.8 Å². The van der Waals surface area contributed by atoms with Gasteiger partial charge in [-0.25, -0.2) is 0 Å². The maximum absolute atomic E-state index is 11.8. The molecule has 2 aromatic rings. The molecule has 0 saturated carbocycles. The monoisotopic (exact) mass is 244 g/mol. The van der Waals surface area contributed by atoms with Crippen LogP contribution in [0.15, 0.2) is 34.9 Å². The number of aromatic nitrogens is 1. The number of Topliss-reactive ketones (excluding diaryl/α,β-unsaturated/α-hetero) is 1. The highest BCUT2D eigenvalue weighted by molar-refractivity contribution is 6.03. The molecule has 0 saturated heterocycles. The lowest BCUT2D eigenvalue weighted by atomic mass is 10.1. The Morgan fingerprint density at radius 2 is 2.06 bits per heavy atom. The van der Waals surface area contributed by atoms with Gasteiger partial charge in [0.05, 0.1) is 0 Å². The third kappa shape index (κ3) is 2.63. The molecule has 1 N–H and O–H groups in total. The first-order valence-corrected chi connectivity index (χ1v) is 5.42. The minimum Gasteiger partial charge on any atom is -0.361 e. The molecule has 92 valence electrons. The van der Waals surface area contributed by atoms with Gasteiger partial charge in [-0.15, -0.1) is 0 Å². The lowest BCUT2D eigenvalue weighted by molar-refractivity contribution is 0.100. The van der Waals surface area contributed by atoms with E-state index in [1.54, 1.807) is 37.3 Å². The van der Waals surface area contributed by atoms with Crippen LogP contribution in [-0.2, 0) is 0 Å². The molecule has 0 atom stereocenters. The maximum atomic E-state index is 11.8. The van der Waals surface area contributed by atoms with Gasteiger partial charge in [-0.1, -0.05) is 17.3 Å². The second kappa shape index (κ2) is 4.83. The van der Waals surface area contributed by atoms with Crippen molar-refractivity contribution in [2.45, 2.75) is 13.8 Å². The van der Waals surface area contributed by atoms with Crippen molar-refractivity contribution in [1.29, 1.82) is 0 Å². The zero-order valence-corrected chi connectivity index (χ0v) is 10.1. The number of hydrogen-bond donors (Lipinski definition) is 1. The van der Waals surface area contributed by atoms with Crippen LogP contribution in [0.5, 0.6) is 0 Å². The van der Waals surface area contributed by atoms with Crippen LogP contribution in [0.25, 0.3) is 0 Å². The number of nitrogens with one attached hydrogen (secondary N) is 1. The summed E-state index contributed by atoms with van der Waals surface area (Å²) in [6.07, 6.45) is 0. The van der Waals surface area contributed by atoms with E-state index < -0.39 is 0 Å². The molecule has 0 aliphatic heterocycles. The fourth-order valence-corrected chi connectivity index (χ4v) is 1.48. The van der Waals surface area contributed by atoms with Crippen LogP contribution in [0.4, 0.5) is 5.69 Å². The first kappa shape index (κ1) is 12.0. The van der Waals surface area contributed by atoms with Crippen molar-refractivity contribution in [1.82, 2.24) is 5.16 Å². The minimum atomic E-state index is -0.368. The standard InChI is InChI=1S/C13H12N2O3/c1-8-6-12(15-18-8)13(17)14-11-5-3-4-10(7-11)9(2)16/h3-7H,1-2H3,(H,14,17). The molecule has 18 heavy (non-hydrogen) atoms. The van der Waals surface area contributed by atoms with E-state index in [-0.39, 0.29) is 17.4 Å². The van der Waals surface area contributed by atoms with E-state index in [4.69, 9.17) is 4.52 Å². The summed E-state index contributed by atoms with van der Waals surface area (Å²) in [5.74, 6) is 0.147. The van der Waals surface area contributed by atoms with E-state index in [1.165, 1.54) is 6.92 Å². The molecule has 5 nitrogen and oxygen atoms in total. The number of carbonyl (C=O) groups is 2. The molecule has 1 amide bonds. The molecule has 2 rings (SSSR count). The van der Waals surface area contributed by atoms with Gasteiger partial charge in [-0.3, -0.25) is 9.59 Å². The Bertz CT molecular complexity index is 602. The molecule has 0 aliphatic rings. The summed E-state index contributed by atoms with van der Waals surface area (Å²) in [7, 11) is 0. The Labute approximate surface area is 104 Å². The Balaban J connectivity index is 2.16. The van der Waals surface area contributed by atoms with Gasteiger partial charge in [0.2, 0.25) is 0 Å². The number of aryl methyl sites for hydroxylation is 1. The van der Waals surface area contributed by atoms with Gasteiger partial charge in [-0.2, -0.15) is 0 Å². The lowest BCUT2D eigenvalue weighted by Gasteiger charge is -2.03. The lowest BCUT2D eigenvalue weighted by Crippen LogP contribution is -2.12. The van der Waals surface area contributed by atoms with Crippen LogP contribution < -0.4 is 5.32 Å². The van der Waals surface area contributed by atoms with Gasteiger partial charge < -0.3 is 9.84 Å². The smallest absolute Gasteiger partial charge is 0.277 e.